The average molecular weight is 351 g/mol. The Morgan fingerprint density at radius 3 is 1.40 bits per heavy atom. The lowest BCUT2D eigenvalue weighted by molar-refractivity contribution is 0.109. The van der Waals surface area contributed by atoms with Gasteiger partial charge in [-0.2, -0.15) is 4.79 Å². The summed E-state index contributed by atoms with van der Waals surface area (Å²) in [4.78, 5) is 12.4. The highest BCUT2D eigenvalue weighted by atomic mass is 31.2. The third-order valence-electron chi connectivity index (χ3n) is 3.83. The Hall–Kier alpha value is -2.64. The first-order valence-electron chi connectivity index (χ1n) is 8.19. The molecule has 0 aliphatic heterocycles. The van der Waals surface area contributed by atoms with E-state index in [4.69, 9.17) is 9.26 Å². The van der Waals surface area contributed by atoms with E-state index in [1.165, 1.54) is 0 Å². The summed E-state index contributed by atoms with van der Waals surface area (Å²) in [5, 5.41) is 2.92. The molecule has 0 aliphatic carbocycles. The van der Waals surface area contributed by atoms with Crippen molar-refractivity contribution in [2.45, 2.75) is 6.92 Å². The highest BCUT2D eigenvalue weighted by molar-refractivity contribution is 7.92. The molecule has 126 valence electrons. The van der Waals surface area contributed by atoms with Gasteiger partial charge in [-0.15, -0.1) is 0 Å². The zero-order valence-corrected chi connectivity index (χ0v) is 14.9. The lowest BCUT2D eigenvalue weighted by Crippen LogP contribution is -2.34. The van der Waals surface area contributed by atoms with Gasteiger partial charge in [0.2, 0.25) is 0 Å². The number of carbonyl (C=O) groups excluding carboxylic acids is 1. The van der Waals surface area contributed by atoms with Crippen LogP contribution in [0.4, 0.5) is 4.79 Å². The van der Waals surface area contributed by atoms with Gasteiger partial charge in [0, 0.05) is 0 Å². The molecule has 0 amide bonds. The van der Waals surface area contributed by atoms with Crippen molar-refractivity contribution in [1.29, 1.82) is 0 Å². The van der Waals surface area contributed by atoms with Crippen LogP contribution in [0, 0.1) is 0 Å². The monoisotopic (exact) mass is 351 g/mol. The molecular weight excluding hydrogens is 331 g/mol. The molecule has 0 aromatic heterocycles. The summed E-state index contributed by atoms with van der Waals surface area (Å²) in [6.07, 6.45) is -0.646. The Balaban J connectivity index is 2.26. The van der Waals surface area contributed by atoms with Gasteiger partial charge < -0.3 is 4.74 Å². The van der Waals surface area contributed by atoms with E-state index < -0.39 is 13.6 Å². The maximum atomic E-state index is 12.4. The van der Waals surface area contributed by atoms with Crippen LogP contribution >= 0.6 is 7.49 Å². The standard InChI is InChI=1S/C21H20O3P/c1-2-23-21(22)24-25(18-12-6-3-7-13-18,19-14-8-4-9-15-19)20-16-10-5-11-17-20/h3-17H,2H2,1H3/q+1. The zero-order chi connectivity index (χ0) is 17.5. The molecule has 0 fully saturated rings. The number of carbonyl (C=O) groups is 1. The van der Waals surface area contributed by atoms with Crippen LogP contribution < -0.4 is 15.9 Å². The van der Waals surface area contributed by atoms with Gasteiger partial charge in [0.1, 0.15) is 15.9 Å². The summed E-state index contributed by atoms with van der Waals surface area (Å²) in [5.74, 6) is 0. The molecule has 0 saturated heterocycles. The molecule has 0 unspecified atom stereocenters. The van der Waals surface area contributed by atoms with Crippen molar-refractivity contribution in [2.24, 2.45) is 0 Å². The topological polar surface area (TPSA) is 35.5 Å². The summed E-state index contributed by atoms with van der Waals surface area (Å²) >= 11 is 0. The van der Waals surface area contributed by atoms with E-state index in [1.54, 1.807) is 6.92 Å². The second-order valence-corrected chi connectivity index (χ2v) is 8.34. The molecule has 25 heavy (non-hydrogen) atoms. The van der Waals surface area contributed by atoms with E-state index in [0.29, 0.717) is 0 Å². The van der Waals surface area contributed by atoms with Gasteiger partial charge in [-0.25, -0.2) is 0 Å². The summed E-state index contributed by atoms with van der Waals surface area (Å²) in [5.41, 5.74) is 0. The molecule has 0 aliphatic rings. The normalized spacial score (nSPS) is 10.9. The number of benzene rings is 3. The molecule has 4 heteroatoms. The second-order valence-electron chi connectivity index (χ2n) is 5.39. The number of hydrogen-bond acceptors (Lipinski definition) is 3. The molecule has 3 nitrogen and oxygen atoms in total. The fourth-order valence-electron chi connectivity index (χ4n) is 2.78. The van der Waals surface area contributed by atoms with Crippen molar-refractivity contribution < 1.29 is 14.1 Å². The Bertz CT molecular complexity index is 708. The van der Waals surface area contributed by atoms with Crippen LogP contribution in [0.2, 0.25) is 0 Å². The van der Waals surface area contributed by atoms with Gasteiger partial charge in [0.15, 0.2) is 0 Å². The lowest BCUT2D eigenvalue weighted by atomic mass is 10.4. The minimum atomic E-state index is -2.61. The molecule has 3 aromatic rings. The van der Waals surface area contributed by atoms with Crippen molar-refractivity contribution in [1.82, 2.24) is 0 Å². The first-order valence-corrected chi connectivity index (χ1v) is 9.90. The molecular formula is C21H20O3P+. The zero-order valence-electron chi connectivity index (χ0n) is 14.0. The Morgan fingerprint density at radius 1 is 0.720 bits per heavy atom. The number of hydrogen-bond donors (Lipinski definition) is 0. The van der Waals surface area contributed by atoms with Crippen molar-refractivity contribution in [3.05, 3.63) is 91.0 Å². The Labute approximate surface area is 148 Å². The van der Waals surface area contributed by atoms with Gasteiger partial charge in [-0.05, 0) is 43.3 Å². The lowest BCUT2D eigenvalue weighted by Gasteiger charge is -2.24. The predicted octanol–water partition coefficient (Wildman–Crippen LogP) is 4.07. The average Bonchev–Trinajstić information content (AvgIpc) is 2.68. The van der Waals surface area contributed by atoms with E-state index in [2.05, 4.69) is 0 Å². The van der Waals surface area contributed by atoms with E-state index in [1.807, 2.05) is 91.0 Å². The van der Waals surface area contributed by atoms with Crippen molar-refractivity contribution in [3.63, 3.8) is 0 Å². The number of ether oxygens (including phenoxy) is 1. The van der Waals surface area contributed by atoms with Gasteiger partial charge in [-0.3, -0.25) is 4.52 Å². The van der Waals surface area contributed by atoms with Crippen molar-refractivity contribution in [3.8, 4) is 0 Å². The van der Waals surface area contributed by atoms with Gasteiger partial charge in [-0.1, -0.05) is 54.6 Å². The third-order valence-corrected chi connectivity index (χ3v) is 7.33. The first-order chi connectivity index (χ1) is 12.3. The maximum Gasteiger partial charge on any atom is 0.547 e. The molecule has 0 bridgehead atoms. The van der Waals surface area contributed by atoms with E-state index in [-0.39, 0.29) is 6.61 Å². The number of rotatable bonds is 5. The maximum absolute atomic E-state index is 12.4. The highest BCUT2D eigenvalue weighted by Gasteiger charge is 2.51. The van der Waals surface area contributed by atoms with Crippen LogP contribution in [-0.2, 0) is 9.26 Å². The molecule has 0 heterocycles. The van der Waals surface area contributed by atoms with Crippen molar-refractivity contribution in [2.75, 3.05) is 6.61 Å². The summed E-state index contributed by atoms with van der Waals surface area (Å²) < 4.78 is 11.2. The van der Waals surface area contributed by atoms with Crippen LogP contribution in [0.3, 0.4) is 0 Å². The highest BCUT2D eigenvalue weighted by Crippen LogP contribution is 2.56. The third kappa shape index (κ3) is 3.57. The first kappa shape index (κ1) is 17.2. The Morgan fingerprint density at radius 2 is 1.08 bits per heavy atom. The Kier molecular flexibility index (Phi) is 5.47. The van der Waals surface area contributed by atoms with Crippen LogP contribution in [0.5, 0.6) is 0 Å². The molecule has 0 atom stereocenters. The minimum absolute atomic E-state index is 0.275. The summed E-state index contributed by atoms with van der Waals surface area (Å²) in [6, 6.07) is 29.7. The molecule has 3 aromatic carbocycles. The molecule has 3 rings (SSSR count). The van der Waals surface area contributed by atoms with E-state index in [9.17, 15) is 4.79 Å². The summed E-state index contributed by atoms with van der Waals surface area (Å²) in [6.45, 7) is 2.05. The SMILES string of the molecule is CCOC(=O)O[P+](c1ccccc1)(c1ccccc1)c1ccccc1. The largest absolute Gasteiger partial charge is 0.547 e. The molecule has 0 radical (unpaired) electrons. The van der Waals surface area contributed by atoms with Crippen LogP contribution in [0.15, 0.2) is 91.0 Å². The predicted molar refractivity (Wildman–Crippen MR) is 103 cm³/mol. The molecule has 0 spiro atoms. The van der Waals surface area contributed by atoms with E-state index >= 15 is 0 Å². The fraction of sp³-hybridized carbons (Fsp3) is 0.0952. The van der Waals surface area contributed by atoms with Crippen LogP contribution in [-0.4, -0.2) is 12.8 Å². The molecule has 0 saturated carbocycles. The van der Waals surface area contributed by atoms with Gasteiger partial charge >= 0.3 is 6.16 Å². The fourth-order valence-corrected chi connectivity index (χ4v) is 6.04. The smallest absolute Gasteiger partial charge is 0.432 e. The van der Waals surface area contributed by atoms with Gasteiger partial charge in [0.05, 0.1) is 6.61 Å². The van der Waals surface area contributed by atoms with Crippen LogP contribution in [0.1, 0.15) is 6.92 Å². The van der Waals surface area contributed by atoms with E-state index in [0.717, 1.165) is 15.9 Å². The quantitative estimate of drug-likeness (QED) is 0.513. The van der Waals surface area contributed by atoms with Crippen molar-refractivity contribution >= 4 is 29.6 Å². The molecule has 0 N–H and O–H groups in total. The minimum Gasteiger partial charge on any atom is -0.432 e. The second kappa shape index (κ2) is 7.96. The van der Waals surface area contributed by atoms with Crippen LogP contribution in [0.25, 0.3) is 0 Å². The summed E-state index contributed by atoms with van der Waals surface area (Å²) in [7, 11) is -2.61. The van der Waals surface area contributed by atoms with Gasteiger partial charge in [0.25, 0.3) is 7.49 Å².